The van der Waals surface area contributed by atoms with Crippen molar-refractivity contribution in [3.05, 3.63) is 23.8 Å². The number of rotatable bonds is 3. The molecule has 1 atom stereocenters. The minimum absolute atomic E-state index is 0.378. The Hall–Kier alpha value is -1.16. The molecule has 1 aromatic heterocycles. The lowest BCUT2D eigenvalue weighted by Gasteiger charge is -2.14. The van der Waals surface area contributed by atoms with Gasteiger partial charge in [0.05, 0.1) is 11.0 Å². The number of anilines is 1. The molecule has 0 aliphatic carbocycles. The van der Waals surface area contributed by atoms with Gasteiger partial charge in [0.1, 0.15) is 0 Å². The summed E-state index contributed by atoms with van der Waals surface area (Å²) in [5, 5.41) is 0. The molecule has 2 N–H and O–H groups in total. The summed E-state index contributed by atoms with van der Waals surface area (Å²) in [5.74, 6) is 1.66. The molecule has 1 unspecified atom stereocenters. The second kappa shape index (κ2) is 4.37. The summed E-state index contributed by atoms with van der Waals surface area (Å²) in [6, 6.07) is 6.66. The number of hydrogen-bond acceptors (Lipinski definition) is 3. The molecule has 0 spiro atoms. The number of thioether (sulfide) groups is 1. The van der Waals surface area contributed by atoms with E-state index in [-0.39, 0.29) is 0 Å². The van der Waals surface area contributed by atoms with Crippen molar-refractivity contribution in [1.29, 1.82) is 0 Å². The fourth-order valence-electron chi connectivity index (χ4n) is 2.01. The molecule has 2 aromatic rings. The SMILES string of the molecule is CSCC(C)n1c(N)nc2cc(C)ccc21. The van der Waals surface area contributed by atoms with Gasteiger partial charge in [0.25, 0.3) is 0 Å². The van der Waals surface area contributed by atoms with Crippen LogP contribution >= 0.6 is 11.8 Å². The number of aryl methyl sites for hydroxylation is 1. The maximum absolute atomic E-state index is 5.98. The van der Waals surface area contributed by atoms with E-state index in [1.54, 1.807) is 0 Å². The van der Waals surface area contributed by atoms with Crippen LogP contribution in [0.3, 0.4) is 0 Å². The molecule has 0 saturated carbocycles. The van der Waals surface area contributed by atoms with Gasteiger partial charge in [-0.25, -0.2) is 4.98 Å². The maximum atomic E-state index is 5.98. The van der Waals surface area contributed by atoms with Crippen molar-refractivity contribution in [2.45, 2.75) is 19.9 Å². The third-order valence-corrected chi connectivity index (χ3v) is 3.54. The Labute approximate surface area is 100 Å². The molecule has 1 aromatic carbocycles. The molecule has 0 fully saturated rings. The third-order valence-electron chi connectivity index (χ3n) is 2.72. The first-order valence-corrected chi connectivity index (χ1v) is 6.76. The Balaban J connectivity index is 2.55. The number of imidazole rings is 1. The highest BCUT2D eigenvalue weighted by Crippen LogP contribution is 2.25. The lowest BCUT2D eigenvalue weighted by atomic mass is 10.2. The largest absolute Gasteiger partial charge is 0.369 e. The van der Waals surface area contributed by atoms with E-state index in [4.69, 9.17) is 5.73 Å². The summed E-state index contributed by atoms with van der Waals surface area (Å²) in [6.07, 6.45) is 2.11. The van der Waals surface area contributed by atoms with Crippen molar-refractivity contribution in [3.63, 3.8) is 0 Å². The van der Waals surface area contributed by atoms with Crippen LogP contribution in [0.2, 0.25) is 0 Å². The van der Waals surface area contributed by atoms with Crippen LogP contribution in [0, 0.1) is 6.92 Å². The zero-order chi connectivity index (χ0) is 11.7. The Morgan fingerprint density at radius 1 is 1.50 bits per heavy atom. The molecule has 0 radical (unpaired) electrons. The van der Waals surface area contributed by atoms with Gasteiger partial charge in [-0.1, -0.05) is 6.07 Å². The summed E-state index contributed by atoms with van der Waals surface area (Å²) in [6.45, 7) is 4.24. The van der Waals surface area contributed by atoms with E-state index in [0.29, 0.717) is 12.0 Å². The molecule has 2 rings (SSSR count). The highest BCUT2D eigenvalue weighted by atomic mass is 32.2. The molecule has 0 saturated heterocycles. The molecule has 0 aliphatic rings. The molecule has 3 nitrogen and oxygen atoms in total. The quantitative estimate of drug-likeness (QED) is 0.889. The molecule has 0 bridgehead atoms. The van der Waals surface area contributed by atoms with Crippen molar-refractivity contribution >= 4 is 28.7 Å². The lowest BCUT2D eigenvalue weighted by Crippen LogP contribution is -2.10. The topological polar surface area (TPSA) is 43.8 Å². The average Bonchev–Trinajstić information content (AvgIpc) is 2.53. The van der Waals surface area contributed by atoms with Crippen molar-refractivity contribution in [2.24, 2.45) is 0 Å². The fourth-order valence-corrected chi connectivity index (χ4v) is 2.64. The van der Waals surface area contributed by atoms with E-state index in [9.17, 15) is 0 Å². The minimum atomic E-state index is 0.378. The average molecular weight is 235 g/mol. The maximum Gasteiger partial charge on any atom is 0.201 e. The number of fused-ring (bicyclic) bond motifs is 1. The molecule has 86 valence electrons. The predicted molar refractivity (Wildman–Crippen MR) is 72.0 cm³/mol. The van der Waals surface area contributed by atoms with Crippen molar-refractivity contribution in [2.75, 3.05) is 17.7 Å². The van der Waals surface area contributed by atoms with Gasteiger partial charge < -0.3 is 10.3 Å². The molecule has 4 heteroatoms. The van der Waals surface area contributed by atoms with Crippen molar-refractivity contribution < 1.29 is 0 Å². The number of nitrogen functional groups attached to an aromatic ring is 1. The van der Waals surface area contributed by atoms with Crippen LogP contribution in [0.15, 0.2) is 18.2 Å². The zero-order valence-electron chi connectivity index (χ0n) is 9.90. The second-order valence-corrected chi connectivity index (χ2v) is 5.05. The number of hydrogen-bond donors (Lipinski definition) is 1. The van der Waals surface area contributed by atoms with Crippen LogP contribution in [-0.4, -0.2) is 21.6 Å². The summed E-state index contributed by atoms with van der Waals surface area (Å²) >= 11 is 1.82. The lowest BCUT2D eigenvalue weighted by molar-refractivity contribution is 0.637. The monoisotopic (exact) mass is 235 g/mol. The molecular weight excluding hydrogens is 218 g/mol. The predicted octanol–water partition coefficient (Wildman–Crippen LogP) is 2.85. The number of nitrogens with two attached hydrogens (primary N) is 1. The van der Waals surface area contributed by atoms with Crippen molar-refractivity contribution in [3.8, 4) is 0 Å². The van der Waals surface area contributed by atoms with Crippen LogP contribution in [0.4, 0.5) is 5.95 Å². The van der Waals surface area contributed by atoms with Gasteiger partial charge in [0.2, 0.25) is 5.95 Å². The number of nitrogens with zero attached hydrogens (tertiary/aromatic N) is 2. The normalized spacial score (nSPS) is 13.2. The van der Waals surface area contributed by atoms with E-state index < -0.39 is 0 Å². The summed E-state index contributed by atoms with van der Waals surface area (Å²) in [5.41, 5.74) is 9.31. The fraction of sp³-hybridized carbons (Fsp3) is 0.417. The van der Waals surface area contributed by atoms with Crippen LogP contribution in [0.25, 0.3) is 11.0 Å². The van der Waals surface area contributed by atoms with Gasteiger partial charge in [0.15, 0.2) is 0 Å². The van der Waals surface area contributed by atoms with E-state index >= 15 is 0 Å². The van der Waals surface area contributed by atoms with Gasteiger partial charge in [0, 0.05) is 11.8 Å². The Bertz CT molecular complexity index is 504. The molecular formula is C12H17N3S. The van der Waals surface area contributed by atoms with Gasteiger partial charge in [-0.2, -0.15) is 11.8 Å². The number of aromatic nitrogens is 2. The van der Waals surface area contributed by atoms with E-state index in [2.05, 4.69) is 47.9 Å². The van der Waals surface area contributed by atoms with Gasteiger partial charge in [-0.3, -0.25) is 0 Å². The van der Waals surface area contributed by atoms with Crippen molar-refractivity contribution in [1.82, 2.24) is 9.55 Å². The van der Waals surface area contributed by atoms with Gasteiger partial charge in [-0.05, 0) is 37.8 Å². The highest BCUT2D eigenvalue weighted by molar-refractivity contribution is 7.98. The molecule has 0 amide bonds. The smallest absolute Gasteiger partial charge is 0.201 e. The van der Waals surface area contributed by atoms with Crippen LogP contribution < -0.4 is 5.73 Å². The highest BCUT2D eigenvalue weighted by Gasteiger charge is 2.13. The summed E-state index contributed by atoms with van der Waals surface area (Å²) in [4.78, 5) is 4.41. The molecule has 1 heterocycles. The zero-order valence-corrected chi connectivity index (χ0v) is 10.7. The first-order valence-electron chi connectivity index (χ1n) is 5.36. The molecule has 0 aliphatic heterocycles. The second-order valence-electron chi connectivity index (χ2n) is 4.14. The number of benzene rings is 1. The standard InChI is InChI=1S/C12H17N3S/c1-8-4-5-11-10(6-8)14-12(13)15(11)9(2)7-16-3/h4-6,9H,7H2,1-3H3,(H2,13,14). The first-order chi connectivity index (χ1) is 7.63. The van der Waals surface area contributed by atoms with Gasteiger partial charge >= 0.3 is 0 Å². The Kier molecular flexibility index (Phi) is 3.10. The Morgan fingerprint density at radius 2 is 2.25 bits per heavy atom. The first kappa shape index (κ1) is 11.3. The van der Waals surface area contributed by atoms with E-state index in [1.807, 2.05) is 11.8 Å². The third kappa shape index (κ3) is 1.89. The van der Waals surface area contributed by atoms with E-state index in [1.165, 1.54) is 5.56 Å². The minimum Gasteiger partial charge on any atom is -0.369 e. The van der Waals surface area contributed by atoms with E-state index in [0.717, 1.165) is 16.8 Å². The van der Waals surface area contributed by atoms with Crippen LogP contribution in [-0.2, 0) is 0 Å². The molecule has 16 heavy (non-hydrogen) atoms. The van der Waals surface area contributed by atoms with Gasteiger partial charge in [-0.15, -0.1) is 0 Å². The van der Waals surface area contributed by atoms with Crippen LogP contribution in [0.5, 0.6) is 0 Å². The Morgan fingerprint density at radius 3 is 2.94 bits per heavy atom. The summed E-state index contributed by atoms with van der Waals surface area (Å²) in [7, 11) is 0. The van der Waals surface area contributed by atoms with Crippen LogP contribution in [0.1, 0.15) is 18.5 Å². The summed E-state index contributed by atoms with van der Waals surface area (Å²) < 4.78 is 2.12.